The van der Waals surface area contributed by atoms with E-state index in [4.69, 9.17) is 10.5 Å². The first kappa shape index (κ1) is 22.3. The average molecular weight is 377 g/mol. The van der Waals surface area contributed by atoms with Crippen molar-refractivity contribution in [2.75, 3.05) is 13.6 Å². The molecule has 1 aromatic rings. The Balaban J connectivity index is 2.51. The summed E-state index contributed by atoms with van der Waals surface area (Å²) in [7, 11) is 1.67. The summed E-state index contributed by atoms with van der Waals surface area (Å²) in [6.07, 6.45) is -0.466. The number of guanidine groups is 1. The van der Waals surface area contributed by atoms with E-state index in [-0.39, 0.29) is 0 Å². The lowest BCUT2D eigenvalue weighted by atomic mass is 10.1. The summed E-state index contributed by atoms with van der Waals surface area (Å²) in [5.74, 6) is 0.139. The predicted molar refractivity (Wildman–Crippen MR) is 107 cm³/mol. The van der Waals surface area contributed by atoms with Crippen LogP contribution in [0.15, 0.2) is 29.3 Å². The number of nitrogens with zero attached hydrogens (tertiary/aromatic N) is 1. The Hall–Kier alpha value is -2.77. The number of amides is 2. The molecular formula is C19H31N5O3. The van der Waals surface area contributed by atoms with E-state index in [0.717, 1.165) is 5.56 Å². The van der Waals surface area contributed by atoms with Crippen molar-refractivity contribution in [2.24, 2.45) is 10.7 Å². The van der Waals surface area contributed by atoms with Crippen LogP contribution in [-0.2, 0) is 11.3 Å². The molecule has 0 spiro atoms. The molecule has 0 aliphatic heterocycles. The second kappa shape index (κ2) is 9.25. The SMILES string of the molecule is CN=C(NCc1ccc(C(N)=O)cc1)NCC(C)(C)NC(=O)OC(C)(C)C. The van der Waals surface area contributed by atoms with Gasteiger partial charge in [0.15, 0.2) is 5.96 Å². The summed E-state index contributed by atoms with van der Waals surface area (Å²) in [4.78, 5) is 27.2. The zero-order valence-electron chi connectivity index (χ0n) is 17.0. The third-order valence-corrected chi connectivity index (χ3v) is 3.46. The van der Waals surface area contributed by atoms with Gasteiger partial charge in [0.2, 0.25) is 5.91 Å². The summed E-state index contributed by atoms with van der Waals surface area (Å²) in [5.41, 5.74) is 5.60. The number of benzene rings is 1. The molecule has 0 heterocycles. The van der Waals surface area contributed by atoms with Crippen LogP contribution in [0.25, 0.3) is 0 Å². The highest BCUT2D eigenvalue weighted by Crippen LogP contribution is 2.09. The molecule has 2 amide bonds. The molecule has 8 nitrogen and oxygen atoms in total. The van der Waals surface area contributed by atoms with E-state index in [1.807, 2.05) is 46.8 Å². The lowest BCUT2D eigenvalue weighted by Gasteiger charge is -2.29. The van der Waals surface area contributed by atoms with Gasteiger partial charge in [0.1, 0.15) is 5.60 Å². The highest BCUT2D eigenvalue weighted by atomic mass is 16.6. The minimum absolute atomic E-state index is 0.451. The van der Waals surface area contributed by atoms with Crippen molar-refractivity contribution in [3.63, 3.8) is 0 Å². The van der Waals surface area contributed by atoms with Crippen LogP contribution in [-0.4, -0.2) is 42.7 Å². The van der Waals surface area contributed by atoms with E-state index in [0.29, 0.717) is 24.6 Å². The van der Waals surface area contributed by atoms with Crippen LogP contribution in [0.4, 0.5) is 4.79 Å². The average Bonchev–Trinajstić information content (AvgIpc) is 2.52. The van der Waals surface area contributed by atoms with E-state index in [2.05, 4.69) is 20.9 Å². The number of aliphatic imine (C=N–C) groups is 1. The van der Waals surface area contributed by atoms with Gasteiger partial charge in [-0.25, -0.2) is 4.79 Å². The quantitative estimate of drug-likeness (QED) is 0.445. The fourth-order valence-corrected chi connectivity index (χ4v) is 2.12. The first-order valence-electron chi connectivity index (χ1n) is 8.76. The van der Waals surface area contributed by atoms with Crippen LogP contribution in [0.1, 0.15) is 50.5 Å². The topological polar surface area (TPSA) is 118 Å². The summed E-state index contributed by atoms with van der Waals surface area (Å²) in [6.45, 7) is 10.2. The maximum absolute atomic E-state index is 11.9. The molecule has 0 atom stereocenters. The van der Waals surface area contributed by atoms with Gasteiger partial charge < -0.3 is 26.4 Å². The van der Waals surface area contributed by atoms with Crippen LogP contribution in [0.5, 0.6) is 0 Å². The Morgan fingerprint density at radius 2 is 1.67 bits per heavy atom. The summed E-state index contributed by atoms with van der Waals surface area (Å²) < 4.78 is 5.28. The number of carbonyl (C=O) groups is 2. The van der Waals surface area contributed by atoms with Crippen molar-refractivity contribution < 1.29 is 14.3 Å². The third-order valence-electron chi connectivity index (χ3n) is 3.46. The first-order chi connectivity index (χ1) is 12.4. The van der Waals surface area contributed by atoms with Crippen molar-refractivity contribution in [1.29, 1.82) is 0 Å². The molecule has 8 heteroatoms. The lowest BCUT2D eigenvalue weighted by Crippen LogP contribution is -2.54. The number of nitrogens with two attached hydrogens (primary N) is 1. The molecule has 0 aromatic heterocycles. The second-order valence-electron chi connectivity index (χ2n) is 7.85. The molecule has 150 valence electrons. The van der Waals surface area contributed by atoms with Gasteiger partial charge in [0.25, 0.3) is 0 Å². The van der Waals surface area contributed by atoms with Crippen LogP contribution in [0, 0.1) is 0 Å². The van der Waals surface area contributed by atoms with Gasteiger partial charge in [-0.05, 0) is 52.3 Å². The Labute approximate surface area is 160 Å². The number of nitrogens with one attached hydrogen (secondary N) is 3. The van der Waals surface area contributed by atoms with Gasteiger partial charge in [-0.2, -0.15) is 0 Å². The van der Waals surface area contributed by atoms with Crippen molar-refractivity contribution in [2.45, 2.75) is 52.3 Å². The molecular weight excluding hydrogens is 346 g/mol. The van der Waals surface area contributed by atoms with Gasteiger partial charge >= 0.3 is 6.09 Å². The predicted octanol–water partition coefficient (Wildman–Crippen LogP) is 1.75. The maximum atomic E-state index is 11.9. The molecule has 0 fully saturated rings. The largest absolute Gasteiger partial charge is 0.444 e. The van der Waals surface area contributed by atoms with Gasteiger partial charge in [0, 0.05) is 25.7 Å². The zero-order valence-corrected chi connectivity index (χ0v) is 17.0. The van der Waals surface area contributed by atoms with E-state index < -0.39 is 23.1 Å². The number of rotatable bonds is 6. The number of ether oxygens (including phenoxy) is 1. The van der Waals surface area contributed by atoms with Crippen molar-refractivity contribution in [3.8, 4) is 0 Å². The highest BCUT2D eigenvalue weighted by molar-refractivity contribution is 5.92. The molecule has 0 aliphatic rings. The number of primary amides is 1. The van der Waals surface area contributed by atoms with E-state index in [1.165, 1.54) is 0 Å². The molecule has 0 saturated carbocycles. The van der Waals surface area contributed by atoms with Crippen molar-refractivity contribution >= 4 is 18.0 Å². The van der Waals surface area contributed by atoms with Crippen LogP contribution in [0.3, 0.4) is 0 Å². The minimum atomic E-state index is -0.546. The molecule has 1 aromatic carbocycles. The van der Waals surface area contributed by atoms with E-state index >= 15 is 0 Å². The monoisotopic (exact) mass is 377 g/mol. The van der Waals surface area contributed by atoms with Crippen LogP contribution >= 0.6 is 0 Å². The number of hydrogen-bond donors (Lipinski definition) is 4. The number of hydrogen-bond acceptors (Lipinski definition) is 4. The molecule has 5 N–H and O–H groups in total. The minimum Gasteiger partial charge on any atom is -0.444 e. The summed E-state index contributed by atoms with van der Waals surface area (Å²) >= 11 is 0. The molecule has 0 radical (unpaired) electrons. The molecule has 1 rings (SSSR count). The summed E-state index contributed by atoms with van der Waals surface area (Å²) in [5, 5.41) is 9.18. The molecule has 27 heavy (non-hydrogen) atoms. The Morgan fingerprint density at radius 3 is 2.15 bits per heavy atom. The number of carbonyl (C=O) groups excluding carboxylic acids is 2. The van der Waals surface area contributed by atoms with Gasteiger partial charge in [-0.1, -0.05) is 12.1 Å². The first-order valence-corrected chi connectivity index (χ1v) is 8.76. The Kier molecular flexibility index (Phi) is 7.63. The Morgan fingerprint density at radius 1 is 1.07 bits per heavy atom. The fourth-order valence-electron chi connectivity index (χ4n) is 2.12. The zero-order chi connectivity index (χ0) is 20.7. The van der Waals surface area contributed by atoms with Crippen LogP contribution < -0.4 is 21.7 Å². The number of alkyl carbamates (subject to hydrolysis) is 1. The third kappa shape index (κ3) is 8.94. The standard InChI is InChI=1S/C19H31N5O3/c1-18(2,3)27-17(26)24-19(4,5)12-23-16(21-6)22-11-13-7-9-14(10-8-13)15(20)25/h7-10H,11-12H2,1-6H3,(H2,20,25)(H,24,26)(H2,21,22,23). The Bertz CT molecular complexity index is 676. The molecule has 0 saturated heterocycles. The molecule has 0 aliphatic carbocycles. The van der Waals surface area contributed by atoms with E-state index in [9.17, 15) is 9.59 Å². The second-order valence-corrected chi connectivity index (χ2v) is 7.85. The molecule has 0 bridgehead atoms. The smallest absolute Gasteiger partial charge is 0.408 e. The maximum Gasteiger partial charge on any atom is 0.408 e. The van der Waals surface area contributed by atoms with Gasteiger partial charge in [0.05, 0.1) is 5.54 Å². The van der Waals surface area contributed by atoms with Gasteiger partial charge in [-0.15, -0.1) is 0 Å². The van der Waals surface area contributed by atoms with E-state index in [1.54, 1.807) is 19.2 Å². The van der Waals surface area contributed by atoms with Gasteiger partial charge in [-0.3, -0.25) is 9.79 Å². The normalized spacial score (nSPS) is 12.3. The summed E-state index contributed by atoms with van der Waals surface area (Å²) in [6, 6.07) is 7.02. The molecule has 0 unspecified atom stereocenters. The van der Waals surface area contributed by atoms with Crippen LogP contribution in [0.2, 0.25) is 0 Å². The van der Waals surface area contributed by atoms with Crippen molar-refractivity contribution in [3.05, 3.63) is 35.4 Å². The fraction of sp³-hybridized carbons (Fsp3) is 0.526. The lowest BCUT2D eigenvalue weighted by molar-refractivity contribution is 0.0473. The van der Waals surface area contributed by atoms with Crippen molar-refractivity contribution in [1.82, 2.24) is 16.0 Å². The highest BCUT2D eigenvalue weighted by Gasteiger charge is 2.24.